The number of pyridine rings is 1. The van der Waals surface area contributed by atoms with Crippen LogP contribution in [0.15, 0.2) is 71.8 Å². The van der Waals surface area contributed by atoms with Crippen molar-refractivity contribution in [1.29, 1.82) is 0 Å². The van der Waals surface area contributed by atoms with E-state index in [-0.39, 0.29) is 11.7 Å². The van der Waals surface area contributed by atoms with Gasteiger partial charge in [0.25, 0.3) is 5.56 Å². The summed E-state index contributed by atoms with van der Waals surface area (Å²) < 4.78 is 9.78. The third-order valence-electron chi connectivity index (χ3n) is 7.89. The Hall–Kier alpha value is -4.57. The van der Waals surface area contributed by atoms with Crippen molar-refractivity contribution in [2.75, 3.05) is 25.5 Å². The number of benzene rings is 2. The molecule has 0 radical (unpaired) electrons. The van der Waals surface area contributed by atoms with Crippen molar-refractivity contribution in [2.24, 2.45) is 0 Å². The number of fused-ring (bicyclic) bond motifs is 1. The number of ether oxygens (including phenoxy) is 1. The molecule has 0 bridgehead atoms. The van der Waals surface area contributed by atoms with E-state index >= 15 is 0 Å². The van der Waals surface area contributed by atoms with Gasteiger partial charge in [-0.3, -0.25) is 9.36 Å². The van der Waals surface area contributed by atoms with Gasteiger partial charge in [0.2, 0.25) is 5.95 Å². The van der Waals surface area contributed by atoms with E-state index in [1.165, 1.54) is 0 Å². The molecule has 1 N–H and O–H groups in total. The predicted octanol–water partition coefficient (Wildman–Crippen LogP) is 4.57. The number of aromatic nitrogens is 6. The molecule has 208 valence electrons. The van der Waals surface area contributed by atoms with Crippen LogP contribution in [-0.4, -0.2) is 60.7 Å². The van der Waals surface area contributed by atoms with Gasteiger partial charge in [0.1, 0.15) is 17.5 Å². The minimum absolute atomic E-state index is 0.112. The molecular weight excluding hydrogens is 516 g/mol. The van der Waals surface area contributed by atoms with Crippen LogP contribution in [0.5, 0.6) is 5.75 Å². The maximum atomic E-state index is 14.0. The molecule has 1 aliphatic heterocycles. The van der Waals surface area contributed by atoms with E-state index in [1.54, 1.807) is 17.0 Å². The minimum atomic E-state index is -0.112. The monoisotopic (exact) mass is 548 g/mol. The van der Waals surface area contributed by atoms with Crippen LogP contribution in [0.25, 0.3) is 22.2 Å². The lowest BCUT2D eigenvalue weighted by Crippen LogP contribution is -2.25. The molecule has 0 amide bonds. The Labute approximate surface area is 237 Å². The van der Waals surface area contributed by atoms with E-state index in [1.807, 2.05) is 66.2 Å². The standard InChI is InChI=1S/C31H32N8O2/c1-20-5-3-4-6-27(20)28-15-21-16-32-31(34-22-7-11-25(12-8-22)41-26-13-14-37(2)19-26)35-29(21)38(30(28)40)18-24-17-33-36-39(24)23-9-10-23/h3-8,11-12,15-17,23,26H,9-10,13-14,18-19H2,1-2H3,(H,32,34,35). The van der Waals surface area contributed by atoms with Gasteiger partial charge in [0, 0.05) is 35.9 Å². The molecule has 2 aromatic carbocycles. The van der Waals surface area contributed by atoms with Crippen LogP contribution in [-0.2, 0) is 6.54 Å². The van der Waals surface area contributed by atoms with Gasteiger partial charge in [-0.15, -0.1) is 5.10 Å². The van der Waals surface area contributed by atoms with Gasteiger partial charge in [-0.25, -0.2) is 9.67 Å². The zero-order valence-electron chi connectivity index (χ0n) is 23.2. The number of anilines is 2. The van der Waals surface area contributed by atoms with E-state index in [9.17, 15) is 4.79 Å². The Balaban J connectivity index is 1.23. The highest BCUT2D eigenvalue weighted by Crippen LogP contribution is 2.35. The molecule has 5 aromatic rings. The number of hydrogen-bond acceptors (Lipinski definition) is 8. The van der Waals surface area contributed by atoms with Crippen LogP contribution in [0.2, 0.25) is 0 Å². The van der Waals surface area contributed by atoms with Gasteiger partial charge < -0.3 is 15.0 Å². The molecule has 1 aliphatic carbocycles. The fourth-order valence-electron chi connectivity index (χ4n) is 5.53. The molecule has 1 saturated carbocycles. The number of rotatable bonds is 8. The summed E-state index contributed by atoms with van der Waals surface area (Å²) >= 11 is 0. The van der Waals surface area contributed by atoms with Crippen molar-refractivity contribution in [3.8, 4) is 16.9 Å². The third-order valence-corrected chi connectivity index (χ3v) is 7.89. The largest absolute Gasteiger partial charge is 0.489 e. The van der Waals surface area contributed by atoms with Crippen molar-refractivity contribution < 1.29 is 4.74 Å². The lowest BCUT2D eigenvalue weighted by molar-refractivity contribution is 0.208. The first-order valence-corrected chi connectivity index (χ1v) is 14.1. The first-order chi connectivity index (χ1) is 20.0. The highest BCUT2D eigenvalue weighted by Gasteiger charge is 2.27. The second kappa shape index (κ2) is 10.4. The van der Waals surface area contributed by atoms with Crippen LogP contribution in [0.3, 0.4) is 0 Å². The number of likely N-dealkylation sites (tertiary alicyclic amines) is 1. The van der Waals surface area contributed by atoms with Gasteiger partial charge in [0.05, 0.1) is 24.5 Å². The SMILES string of the molecule is Cc1ccccc1-c1cc2cnc(Nc3ccc(OC4CCN(C)C4)cc3)nc2n(Cc2cnnn2C2CC2)c1=O. The zero-order chi connectivity index (χ0) is 27.9. The Bertz CT molecular complexity index is 1770. The van der Waals surface area contributed by atoms with Gasteiger partial charge in [-0.2, -0.15) is 4.98 Å². The summed E-state index contributed by atoms with van der Waals surface area (Å²) in [6.45, 7) is 4.33. The highest BCUT2D eigenvalue weighted by molar-refractivity contribution is 5.82. The summed E-state index contributed by atoms with van der Waals surface area (Å²) in [4.78, 5) is 25.7. The van der Waals surface area contributed by atoms with Crippen molar-refractivity contribution in [1.82, 2.24) is 34.4 Å². The van der Waals surface area contributed by atoms with Crippen LogP contribution < -0.4 is 15.6 Å². The summed E-state index contributed by atoms with van der Waals surface area (Å²) in [5.74, 6) is 1.25. The van der Waals surface area contributed by atoms with E-state index < -0.39 is 0 Å². The van der Waals surface area contributed by atoms with E-state index in [0.29, 0.717) is 29.7 Å². The first kappa shape index (κ1) is 25.4. The van der Waals surface area contributed by atoms with Crippen LogP contribution in [0.4, 0.5) is 11.6 Å². The summed E-state index contributed by atoms with van der Waals surface area (Å²) in [5, 5.41) is 12.5. The molecule has 0 spiro atoms. The summed E-state index contributed by atoms with van der Waals surface area (Å²) in [6.07, 6.45) is 6.92. The predicted molar refractivity (Wildman–Crippen MR) is 158 cm³/mol. The summed E-state index contributed by atoms with van der Waals surface area (Å²) in [7, 11) is 2.11. The molecule has 1 unspecified atom stereocenters. The van der Waals surface area contributed by atoms with Crippen molar-refractivity contribution in [2.45, 2.75) is 44.9 Å². The van der Waals surface area contributed by atoms with Crippen LogP contribution in [0.1, 0.15) is 36.6 Å². The smallest absolute Gasteiger partial charge is 0.260 e. The molecular formula is C31H32N8O2. The number of nitrogens with zero attached hydrogens (tertiary/aromatic N) is 7. The average molecular weight is 549 g/mol. The van der Waals surface area contributed by atoms with Crippen LogP contribution in [0, 0.1) is 6.92 Å². The zero-order valence-corrected chi connectivity index (χ0v) is 23.2. The second-order valence-corrected chi connectivity index (χ2v) is 11.1. The number of aryl methyl sites for hydroxylation is 1. The number of likely N-dealkylation sites (N-methyl/N-ethyl adjacent to an activating group) is 1. The molecule has 2 fully saturated rings. The van der Waals surface area contributed by atoms with E-state index in [4.69, 9.17) is 9.72 Å². The fraction of sp³-hybridized carbons (Fsp3) is 0.323. The van der Waals surface area contributed by atoms with Gasteiger partial charge in [0.15, 0.2) is 0 Å². The van der Waals surface area contributed by atoms with Crippen molar-refractivity contribution in [3.05, 3.63) is 88.6 Å². The Morgan fingerprint density at radius 2 is 1.85 bits per heavy atom. The average Bonchev–Trinajstić information content (AvgIpc) is 3.58. The normalized spacial score (nSPS) is 17.3. The lowest BCUT2D eigenvalue weighted by atomic mass is 10.0. The summed E-state index contributed by atoms with van der Waals surface area (Å²) in [5.41, 5.74) is 4.71. The number of hydrogen-bond donors (Lipinski definition) is 1. The molecule has 10 nitrogen and oxygen atoms in total. The molecule has 1 atom stereocenters. The van der Waals surface area contributed by atoms with E-state index in [0.717, 1.165) is 66.0 Å². The lowest BCUT2D eigenvalue weighted by Gasteiger charge is -2.15. The summed E-state index contributed by atoms with van der Waals surface area (Å²) in [6, 6.07) is 18.0. The Morgan fingerprint density at radius 3 is 2.61 bits per heavy atom. The molecule has 7 rings (SSSR count). The van der Waals surface area contributed by atoms with Gasteiger partial charge in [-0.05, 0) is 74.7 Å². The van der Waals surface area contributed by atoms with Crippen molar-refractivity contribution in [3.63, 3.8) is 0 Å². The molecule has 41 heavy (non-hydrogen) atoms. The molecule has 2 aliphatic rings. The Kier molecular flexibility index (Phi) is 6.47. The van der Waals surface area contributed by atoms with Crippen molar-refractivity contribution >= 4 is 22.7 Å². The molecule has 10 heteroatoms. The minimum Gasteiger partial charge on any atom is -0.489 e. The first-order valence-electron chi connectivity index (χ1n) is 14.1. The second-order valence-electron chi connectivity index (χ2n) is 11.1. The van der Waals surface area contributed by atoms with Gasteiger partial charge >= 0.3 is 0 Å². The fourth-order valence-corrected chi connectivity index (χ4v) is 5.53. The maximum Gasteiger partial charge on any atom is 0.260 e. The maximum absolute atomic E-state index is 14.0. The topological polar surface area (TPSA) is 103 Å². The van der Waals surface area contributed by atoms with Crippen LogP contribution >= 0.6 is 0 Å². The Morgan fingerprint density at radius 1 is 1.02 bits per heavy atom. The molecule has 3 aromatic heterocycles. The third kappa shape index (κ3) is 5.18. The number of nitrogens with one attached hydrogen (secondary N) is 1. The van der Waals surface area contributed by atoms with E-state index in [2.05, 4.69) is 32.6 Å². The molecule has 4 heterocycles. The molecule has 1 saturated heterocycles. The quantitative estimate of drug-likeness (QED) is 0.301. The highest BCUT2D eigenvalue weighted by atomic mass is 16.5. The van der Waals surface area contributed by atoms with Gasteiger partial charge in [-0.1, -0.05) is 29.5 Å².